The second-order valence-corrected chi connectivity index (χ2v) is 7.16. The van der Waals surface area contributed by atoms with Gasteiger partial charge in [0, 0.05) is 12.9 Å². The van der Waals surface area contributed by atoms with Crippen LogP contribution in [0.15, 0.2) is 0 Å². The molecule has 0 aromatic carbocycles. The Morgan fingerprint density at radius 2 is 2.10 bits per heavy atom. The number of carboxylic acid groups (broad SMARTS) is 1. The SMILES string of the molecule is CC1OCCC1NC(=O)NC(CCS(C)(=O)=O)C(=O)O. The van der Waals surface area contributed by atoms with Gasteiger partial charge in [0.15, 0.2) is 0 Å². The van der Waals surface area contributed by atoms with Crippen molar-refractivity contribution in [3.05, 3.63) is 0 Å². The van der Waals surface area contributed by atoms with Crippen molar-refractivity contribution in [1.29, 1.82) is 0 Å². The lowest BCUT2D eigenvalue weighted by atomic mass is 10.1. The zero-order valence-corrected chi connectivity index (χ0v) is 12.3. The normalized spacial score (nSPS) is 24.1. The summed E-state index contributed by atoms with van der Waals surface area (Å²) in [5.41, 5.74) is 0. The summed E-state index contributed by atoms with van der Waals surface area (Å²) >= 11 is 0. The van der Waals surface area contributed by atoms with Crippen LogP contribution in [0.2, 0.25) is 0 Å². The van der Waals surface area contributed by atoms with E-state index < -0.39 is 27.9 Å². The average Bonchev–Trinajstić information content (AvgIpc) is 2.68. The van der Waals surface area contributed by atoms with Crippen LogP contribution in [0, 0.1) is 0 Å². The van der Waals surface area contributed by atoms with E-state index in [1.165, 1.54) is 0 Å². The van der Waals surface area contributed by atoms with Gasteiger partial charge in [0.2, 0.25) is 0 Å². The minimum Gasteiger partial charge on any atom is -0.480 e. The van der Waals surface area contributed by atoms with E-state index in [9.17, 15) is 18.0 Å². The summed E-state index contributed by atoms with van der Waals surface area (Å²) in [6.07, 6.45) is 1.39. The van der Waals surface area contributed by atoms with E-state index in [0.29, 0.717) is 13.0 Å². The van der Waals surface area contributed by atoms with Crippen LogP contribution in [0.25, 0.3) is 0 Å². The van der Waals surface area contributed by atoms with Crippen molar-refractivity contribution >= 4 is 21.8 Å². The topological polar surface area (TPSA) is 122 Å². The van der Waals surface area contributed by atoms with E-state index >= 15 is 0 Å². The van der Waals surface area contributed by atoms with Gasteiger partial charge in [-0.3, -0.25) is 0 Å². The van der Waals surface area contributed by atoms with Gasteiger partial charge in [-0.25, -0.2) is 18.0 Å². The number of amides is 2. The maximum Gasteiger partial charge on any atom is 0.326 e. The highest BCUT2D eigenvalue weighted by atomic mass is 32.2. The van der Waals surface area contributed by atoms with Crippen molar-refractivity contribution in [1.82, 2.24) is 10.6 Å². The van der Waals surface area contributed by atoms with E-state index in [1.54, 1.807) is 0 Å². The molecule has 0 aromatic rings. The fourth-order valence-electron chi connectivity index (χ4n) is 1.88. The molecule has 3 atom stereocenters. The molecule has 0 aromatic heterocycles. The van der Waals surface area contributed by atoms with Crippen molar-refractivity contribution in [3.63, 3.8) is 0 Å². The zero-order valence-electron chi connectivity index (χ0n) is 11.5. The molecule has 1 aliphatic rings. The van der Waals surface area contributed by atoms with Crippen LogP contribution >= 0.6 is 0 Å². The van der Waals surface area contributed by atoms with Crippen molar-refractivity contribution in [2.45, 2.75) is 38.0 Å². The molecule has 1 saturated heterocycles. The molecule has 1 heterocycles. The monoisotopic (exact) mass is 308 g/mol. The molecule has 0 radical (unpaired) electrons. The molecule has 0 aliphatic carbocycles. The molecule has 1 rings (SSSR count). The number of hydrogen-bond acceptors (Lipinski definition) is 5. The molecular formula is C11H20N2O6S. The first kappa shape index (κ1) is 16.7. The third-order valence-corrected chi connectivity index (χ3v) is 4.05. The van der Waals surface area contributed by atoms with Crippen LogP contribution in [-0.2, 0) is 19.4 Å². The van der Waals surface area contributed by atoms with Crippen LogP contribution in [0.3, 0.4) is 0 Å². The minimum atomic E-state index is -3.27. The van der Waals surface area contributed by atoms with Crippen molar-refractivity contribution in [3.8, 4) is 0 Å². The smallest absolute Gasteiger partial charge is 0.326 e. The molecular weight excluding hydrogens is 288 g/mol. The van der Waals surface area contributed by atoms with Crippen LogP contribution in [0.4, 0.5) is 4.79 Å². The quantitative estimate of drug-likeness (QED) is 0.599. The summed E-state index contributed by atoms with van der Waals surface area (Å²) in [7, 11) is -3.27. The number of carbonyl (C=O) groups excluding carboxylic acids is 1. The summed E-state index contributed by atoms with van der Waals surface area (Å²) in [4.78, 5) is 22.7. The fourth-order valence-corrected chi connectivity index (χ4v) is 2.54. The van der Waals surface area contributed by atoms with Gasteiger partial charge in [-0.05, 0) is 19.8 Å². The van der Waals surface area contributed by atoms with Gasteiger partial charge in [-0.1, -0.05) is 0 Å². The van der Waals surface area contributed by atoms with Crippen molar-refractivity contribution in [2.75, 3.05) is 18.6 Å². The van der Waals surface area contributed by atoms with Crippen LogP contribution < -0.4 is 10.6 Å². The number of sulfone groups is 1. The molecule has 1 fully saturated rings. The number of carboxylic acids is 1. The predicted molar refractivity (Wildman–Crippen MR) is 71.2 cm³/mol. The maximum atomic E-state index is 11.7. The van der Waals surface area contributed by atoms with Crippen LogP contribution in [0.1, 0.15) is 19.8 Å². The Bertz CT molecular complexity index is 464. The highest BCUT2D eigenvalue weighted by Gasteiger charge is 2.27. The third-order valence-electron chi connectivity index (χ3n) is 3.07. The zero-order chi connectivity index (χ0) is 15.3. The van der Waals surface area contributed by atoms with E-state index in [4.69, 9.17) is 9.84 Å². The molecule has 3 N–H and O–H groups in total. The number of hydrogen-bond donors (Lipinski definition) is 3. The lowest BCUT2D eigenvalue weighted by Gasteiger charge is -2.19. The first-order chi connectivity index (χ1) is 9.19. The number of aliphatic carboxylic acids is 1. The highest BCUT2D eigenvalue weighted by molar-refractivity contribution is 7.90. The summed E-state index contributed by atoms with van der Waals surface area (Å²) in [6.45, 7) is 2.36. The summed E-state index contributed by atoms with van der Waals surface area (Å²) in [6, 6.07) is -2.03. The number of carbonyl (C=O) groups is 2. The number of ether oxygens (including phenoxy) is 1. The fraction of sp³-hybridized carbons (Fsp3) is 0.818. The summed E-state index contributed by atoms with van der Waals surface area (Å²) in [5.74, 6) is -1.56. The van der Waals surface area contributed by atoms with Gasteiger partial charge in [-0.2, -0.15) is 0 Å². The van der Waals surface area contributed by atoms with E-state index in [-0.39, 0.29) is 24.3 Å². The molecule has 116 valence electrons. The molecule has 3 unspecified atom stereocenters. The molecule has 0 saturated carbocycles. The lowest BCUT2D eigenvalue weighted by Crippen LogP contribution is -2.50. The number of urea groups is 1. The predicted octanol–water partition coefficient (Wildman–Crippen LogP) is -0.649. The third kappa shape index (κ3) is 5.74. The average molecular weight is 308 g/mol. The number of nitrogens with one attached hydrogen (secondary N) is 2. The minimum absolute atomic E-state index is 0.125. The van der Waals surface area contributed by atoms with Gasteiger partial charge in [-0.15, -0.1) is 0 Å². The number of rotatable bonds is 6. The van der Waals surface area contributed by atoms with E-state index in [0.717, 1.165) is 6.26 Å². The Morgan fingerprint density at radius 3 is 2.55 bits per heavy atom. The maximum absolute atomic E-state index is 11.7. The Morgan fingerprint density at radius 1 is 1.45 bits per heavy atom. The van der Waals surface area contributed by atoms with Gasteiger partial charge >= 0.3 is 12.0 Å². The van der Waals surface area contributed by atoms with Crippen LogP contribution in [0.5, 0.6) is 0 Å². The van der Waals surface area contributed by atoms with E-state index in [1.807, 2.05) is 6.92 Å². The Labute approximate surface area is 117 Å². The molecule has 8 nitrogen and oxygen atoms in total. The second kappa shape index (κ2) is 6.89. The molecule has 20 heavy (non-hydrogen) atoms. The first-order valence-electron chi connectivity index (χ1n) is 6.28. The van der Waals surface area contributed by atoms with Gasteiger partial charge in [0.05, 0.1) is 17.9 Å². The standard InChI is InChI=1S/C11H20N2O6S/c1-7-8(3-5-19-7)12-11(16)13-9(10(14)15)4-6-20(2,17)18/h7-9H,3-6H2,1-2H3,(H,14,15)(H2,12,13,16). The van der Waals surface area contributed by atoms with Gasteiger partial charge in [0.1, 0.15) is 15.9 Å². The molecule has 1 aliphatic heterocycles. The van der Waals surface area contributed by atoms with Crippen molar-refractivity contribution < 1.29 is 27.9 Å². The van der Waals surface area contributed by atoms with Gasteiger partial charge in [0.25, 0.3) is 0 Å². The van der Waals surface area contributed by atoms with Crippen LogP contribution in [-0.4, -0.2) is 62.3 Å². The van der Waals surface area contributed by atoms with Crippen molar-refractivity contribution in [2.24, 2.45) is 0 Å². The Balaban J connectivity index is 2.48. The Hall–Kier alpha value is -1.35. The second-order valence-electron chi connectivity index (χ2n) is 4.90. The summed E-state index contributed by atoms with van der Waals surface area (Å²) in [5, 5.41) is 13.9. The molecule has 9 heteroatoms. The largest absolute Gasteiger partial charge is 0.480 e. The van der Waals surface area contributed by atoms with E-state index in [2.05, 4.69) is 10.6 Å². The lowest BCUT2D eigenvalue weighted by molar-refractivity contribution is -0.139. The Kier molecular flexibility index (Phi) is 5.75. The molecule has 2 amide bonds. The first-order valence-corrected chi connectivity index (χ1v) is 8.34. The summed E-state index contributed by atoms with van der Waals surface area (Å²) < 4.78 is 27.3. The molecule has 0 bridgehead atoms. The molecule has 0 spiro atoms. The van der Waals surface area contributed by atoms with Gasteiger partial charge < -0.3 is 20.5 Å². The highest BCUT2D eigenvalue weighted by Crippen LogP contribution is 2.12.